The zero-order chi connectivity index (χ0) is 17.8. The summed E-state index contributed by atoms with van der Waals surface area (Å²) in [6.45, 7) is 1.31. The lowest BCUT2D eigenvalue weighted by atomic mass is 10.0. The second-order valence-electron chi connectivity index (χ2n) is 5.71. The molecule has 0 aliphatic rings. The molecule has 7 heteroatoms. The van der Waals surface area contributed by atoms with Gasteiger partial charge in [-0.15, -0.1) is 0 Å². The number of rotatable bonds is 13. The number of aliphatic carboxylic acids is 1. The lowest BCUT2D eigenvalue weighted by molar-refractivity contribution is -0.139. The number of carboxylic acid groups (broad SMARTS) is 1. The SMILES string of the molecule is CCCCCCCCCc1ccccc1OP(=O)(O)OCC(=O)O. The van der Waals surface area contributed by atoms with E-state index in [1.54, 1.807) is 12.1 Å². The highest BCUT2D eigenvalue weighted by Crippen LogP contribution is 2.44. The highest BCUT2D eigenvalue weighted by molar-refractivity contribution is 7.47. The summed E-state index contributed by atoms with van der Waals surface area (Å²) < 4.78 is 21.2. The topological polar surface area (TPSA) is 93.1 Å². The highest BCUT2D eigenvalue weighted by Gasteiger charge is 2.25. The first kappa shape index (κ1) is 20.7. The molecule has 1 aromatic carbocycles. The molecule has 0 aliphatic heterocycles. The first-order valence-corrected chi connectivity index (χ1v) is 9.91. The van der Waals surface area contributed by atoms with E-state index in [-0.39, 0.29) is 5.75 Å². The predicted molar refractivity (Wildman–Crippen MR) is 92.2 cm³/mol. The molecule has 0 radical (unpaired) electrons. The molecule has 1 unspecified atom stereocenters. The molecule has 0 saturated heterocycles. The summed E-state index contributed by atoms with van der Waals surface area (Å²) in [4.78, 5) is 20.0. The summed E-state index contributed by atoms with van der Waals surface area (Å²) in [6, 6.07) is 6.96. The van der Waals surface area contributed by atoms with E-state index in [1.165, 1.54) is 32.1 Å². The lowest BCUT2D eigenvalue weighted by Gasteiger charge is -2.15. The minimum absolute atomic E-state index is 0.264. The molecule has 0 amide bonds. The summed E-state index contributed by atoms with van der Waals surface area (Å²) in [5.74, 6) is -1.07. The van der Waals surface area contributed by atoms with E-state index in [0.29, 0.717) is 0 Å². The van der Waals surface area contributed by atoms with Crippen LogP contribution in [-0.4, -0.2) is 22.6 Å². The van der Waals surface area contributed by atoms with Gasteiger partial charge in [0.2, 0.25) is 0 Å². The number of benzene rings is 1. The number of hydrogen-bond acceptors (Lipinski definition) is 4. The van der Waals surface area contributed by atoms with Gasteiger partial charge in [-0.2, -0.15) is 0 Å². The van der Waals surface area contributed by atoms with Crippen LogP contribution in [0, 0.1) is 0 Å². The Bertz CT molecular complexity index is 546. The van der Waals surface area contributed by atoms with E-state index in [4.69, 9.17) is 9.63 Å². The summed E-state index contributed by atoms with van der Waals surface area (Å²) in [5.41, 5.74) is 0.819. The number of para-hydroxylation sites is 1. The van der Waals surface area contributed by atoms with Crippen molar-refractivity contribution in [2.45, 2.75) is 58.3 Å². The highest BCUT2D eigenvalue weighted by atomic mass is 31.2. The van der Waals surface area contributed by atoms with Crippen LogP contribution < -0.4 is 4.52 Å². The molecule has 2 N–H and O–H groups in total. The quantitative estimate of drug-likeness (QED) is 0.397. The van der Waals surface area contributed by atoms with Crippen LogP contribution in [0.5, 0.6) is 5.75 Å². The van der Waals surface area contributed by atoms with Crippen LogP contribution in [-0.2, 0) is 20.3 Å². The van der Waals surface area contributed by atoms with Gasteiger partial charge in [0.25, 0.3) is 0 Å². The van der Waals surface area contributed by atoms with E-state index in [0.717, 1.165) is 24.8 Å². The van der Waals surface area contributed by atoms with Crippen molar-refractivity contribution in [1.82, 2.24) is 0 Å². The molecule has 0 heterocycles. The maximum absolute atomic E-state index is 11.8. The van der Waals surface area contributed by atoms with Crippen molar-refractivity contribution in [3.05, 3.63) is 29.8 Å². The molecule has 1 aromatic rings. The molecule has 6 nitrogen and oxygen atoms in total. The molecule has 24 heavy (non-hydrogen) atoms. The summed E-state index contributed by atoms with van der Waals surface area (Å²) >= 11 is 0. The van der Waals surface area contributed by atoms with Gasteiger partial charge < -0.3 is 9.63 Å². The number of phosphoric ester groups is 1. The number of carboxylic acids is 1. The third-order valence-electron chi connectivity index (χ3n) is 3.59. The van der Waals surface area contributed by atoms with E-state index >= 15 is 0 Å². The van der Waals surface area contributed by atoms with Gasteiger partial charge in [-0.05, 0) is 24.5 Å². The summed E-state index contributed by atoms with van der Waals surface area (Å²) in [7, 11) is -4.43. The Morgan fingerprint density at radius 1 is 1.08 bits per heavy atom. The predicted octanol–water partition coefficient (Wildman–Crippen LogP) is 4.56. The fraction of sp³-hybridized carbons (Fsp3) is 0.588. The van der Waals surface area contributed by atoms with Gasteiger partial charge in [0.1, 0.15) is 5.75 Å². The maximum atomic E-state index is 11.8. The second-order valence-corrected chi connectivity index (χ2v) is 7.08. The van der Waals surface area contributed by atoms with Gasteiger partial charge in [-0.1, -0.05) is 63.6 Å². The Kier molecular flexibility index (Phi) is 9.69. The number of phosphoric acid groups is 1. The fourth-order valence-corrected chi connectivity index (χ4v) is 3.11. The van der Waals surface area contributed by atoms with Crippen LogP contribution in [0.3, 0.4) is 0 Å². The Morgan fingerprint density at radius 3 is 2.38 bits per heavy atom. The average molecular weight is 358 g/mol. The van der Waals surface area contributed by atoms with Gasteiger partial charge in [-0.25, -0.2) is 9.36 Å². The third-order valence-corrected chi connectivity index (χ3v) is 4.47. The molecule has 0 aliphatic carbocycles. The van der Waals surface area contributed by atoms with Crippen molar-refractivity contribution in [3.8, 4) is 5.75 Å². The third kappa shape index (κ3) is 9.06. The van der Waals surface area contributed by atoms with Crippen LogP contribution in [0.15, 0.2) is 24.3 Å². The minimum Gasteiger partial charge on any atom is -0.480 e. The van der Waals surface area contributed by atoms with Gasteiger partial charge >= 0.3 is 13.8 Å². The average Bonchev–Trinajstić information content (AvgIpc) is 2.53. The normalized spacial score (nSPS) is 13.4. The van der Waals surface area contributed by atoms with Gasteiger partial charge in [0.05, 0.1) is 0 Å². The van der Waals surface area contributed by atoms with Crippen molar-refractivity contribution in [3.63, 3.8) is 0 Å². The van der Waals surface area contributed by atoms with Gasteiger partial charge in [0, 0.05) is 0 Å². The molecule has 0 spiro atoms. The van der Waals surface area contributed by atoms with E-state index in [1.807, 2.05) is 12.1 Å². The number of aryl methyl sites for hydroxylation is 1. The van der Waals surface area contributed by atoms with Gasteiger partial charge in [0.15, 0.2) is 6.61 Å². The van der Waals surface area contributed by atoms with Crippen molar-refractivity contribution in [2.75, 3.05) is 6.61 Å². The molecular formula is C17H27O6P. The summed E-state index contributed by atoms with van der Waals surface area (Å²) in [5, 5.41) is 8.51. The van der Waals surface area contributed by atoms with Crippen LogP contribution in [0.25, 0.3) is 0 Å². The van der Waals surface area contributed by atoms with Crippen LogP contribution in [0.1, 0.15) is 57.4 Å². The fourth-order valence-electron chi connectivity index (χ4n) is 2.36. The lowest BCUT2D eigenvalue weighted by Crippen LogP contribution is -2.08. The van der Waals surface area contributed by atoms with E-state index in [2.05, 4.69) is 11.4 Å². The van der Waals surface area contributed by atoms with Gasteiger partial charge in [-0.3, -0.25) is 9.42 Å². The van der Waals surface area contributed by atoms with Crippen LogP contribution >= 0.6 is 7.82 Å². The maximum Gasteiger partial charge on any atom is 0.528 e. The molecule has 0 aromatic heterocycles. The standard InChI is InChI=1S/C17H27O6P/c1-2-3-4-5-6-7-8-11-15-12-9-10-13-16(15)23-24(20,21)22-14-17(18)19/h9-10,12-13H,2-8,11,14H2,1H3,(H,18,19)(H,20,21). The molecule has 1 rings (SSSR count). The number of unbranched alkanes of at least 4 members (excludes halogenated alkanes) is 6. The number of carbonyl (C=O) groups is 1. The van der Waals surface area contributed by atoms with Crippen molar-refractivity contribution < 1.29 is 28.4 Å². The van der Waals surface area contributed by atoms with Crippen molar-refractivity contribution in [1.29, 1.82) is 0 Å². The summed E-state index contributed by atoms with van der Waals surface area (Å²) in [6.07, 6.45) is 9.01. The molecule has 1 atom stereocenters. The Hall–Kier alpha value is -1.36. The zero-order valence-corrected chi connectivity index (χ0v) is 15.0. The Morgan fingerprint density at radius 2 is 1.71 bits per heavy atom. The largest absolute Gasteiger partial charge is 0.528 e. The van der Waals surface area contributed by atoms with Crippen molar-refractivity contribution >= 4 is 13.8 Å². The monoisotopic (exact) mass is 358 g/mol. The molecule has 0 saturated carbocycles. The van der Waals surface area contributed by atoms with E-state index in [9.17, 15) is 14.3 Å². The molecular weight excluding hydrogens is 331 g/mol. The Balaban J connectivity index is 2.46. The zero-order valence-electron chi connectivity index (χ0n) is 14.1. The molecule has 0 bridgehead atoms. The Labute approximate surface area is 143 Å². The van der Waals surface area contributed by atoms with E-state index < -0.39 is 20.4 Å². The first-order valence-electron chi connectivity index (χ1n) is 8.41. The second kappa shape index (κ2) is 11.2. The van der Waals surface area contributed by atoms with Crippen molar-refractivity contribution in [2.24, 2.45) is 0 Å². The minimum atomic E-state index is -4.43. The van der Waals surface area contributed by atoms with Crippen LogP contribution in [0.4, 0.5) is 0 Å². The van der Waals surface area contributed by atoms with Crippen LogP contribution in [0.2, 0.25) is 0 Å². The molecule has 0 fully saturated rings. The number of hydrogen-bond donors (Lipinski definition) is 2. The smallest absolute Gasteiger partial charge is 0.480 e. The molecule has 136 valence electrons. The first-order chi connectivity index (χ1) is 11.4.